The molecule has 3 aromatic heterocycles. The first kappa shape index (κ1) is 17.7. The number of hydrogen-bond acceptors (Lipinski definition) is 8. The molecule has 0 saturated heterocycles. The second kappa shape index (κ2) is 7.89. The van der Waals surface area contributed by atoms with Gasteiger partial charge in [0.1, 0.15) is 12.0 Å². The first-order chi connectivity index (χ1) is 13.2. The van der Waals surface area contributed by atoms with E-state index in [1.807, 2.05) is 17.5 Å². The number of hydrogen-bond donors (Lipinski definition) is 0. The molecule has 4 aromatic rings. The van der Waals surface area contributed by atoms with Crippen molar-refractivity contribution in [3.63, 3.8) is 0 Å². The Morgan fingerprint density at radius 2 is 1.96 bits per heavy atom. The zero-order valence-corrected chi connectivity index (χ0v) is 15.2. The summed E-state index contributed by atoms with van der Waals surface area (Å²) >= 11 is 2.88. The third-order valence-corrected chi connectivity index (χ3v) is 5.07. The maximum Gasteiger partial charge on any atom is 0.387 e. The van der Waals surface area contributed by atoms with Crippen LogP contribution in [0.4, 0.5) is 8.78 Å². The van der Waals surface area contributed by atoms with Gasteiger partial charge < -0.3 is 13.6 Å². The molecule has 0 radical (unpaired) electrons. The normalized spacial score (nSPS) is 11.2. The van der Waals surface area contributed by atoms with Crippen molar-refractivity contribution in [3.8, 4) is 28.0 Å². The van der Waals surface area contributed by atoms with Gasteiger partial charge in [-0.3, -0.25) is 0 Å². The van der Waals surface area contributed by atoms with Crippen molar-refractivity contribution in [3.05, 3.63) is 53.7 Å². The fourth-order valence-electron chi connectivity index (χ4n) is 2.19. The lowest BCUT2D eigenvalue weighted by Crippen LogP contribution is -2.01. The SMILES string of the molecule is FC(F)Oc1ccc(-c2nnc(SCc3coc(-c4cccs4)n3)o2)cc1. The predicted octanol–water partition coefficient (Wildman–Crippen LogP) is 5.35. The van der Waals surface area contributed by atoms with Crippen LogP contribution in [0, 0.1) is 0 Å². The highest BCUT2D eigenvalue weighted by Crippen LogP contribution is 2.29. The summed E-state index contributed by atoms with van der Waals surface area (Å²) in [6, 6.07) is 9.86. The average molecular weight is 407 g/mol. The third kappa shape index (κ3) is 4.34. The lowest BCUT2D eigenvalue weighted by atomic mass is 10.2. The summed E-state index contributed by atoms with van der Waals surface area (Å²) in [6.45, 7) is -2.86. The molecule has 0 atom stereocenters. The van der Waals surface area contributed by atoms with E-state index in [9.17, 15) is 8.78 Å². The van der Waals surface area contributed by atoms with Crippen LogP contribution in [-0.4, -0.2) is 21.8 Å². The van der Waals surface area contributed by atoms with Gasteiger partial charge in [0, 0.05) is 11.3 Å². The molecule has 27 heavy (non-hydrogen) atoms. The van der Waals surface area contributed by atoms with Gasteiger partial charge in [0.2, 0.25) is 11.8 Å². The molecule has 0 fully saturated rings. The molecular formula is C17H11F2N3O3S2. The second-order valence-electron chi connectivity index (χ2n) is 5.19. The highest BCUT2D eigenvalue weighted by Gasteiger charge is 2.13. The van der Waals surface area contributed by atoms with Gasteiger partial charge in [0.15, 0.2) is 0 Å². The molecule has 1 aromatic carbocycles. The second-order valence-corrected chi connectivity index (χ2v) is 7.06. The number of halogens is 2. The zero-order chi connectivity index (χ0) is 18.6. The molecular weight excluding hydrogens is 396 g/mol. The predicted molar refractivity (Wildman–Crippen MR) is 95.7 cm³/mol. The van der Waals surface area contributed by atoms with E-state index in [1.54, 1.807) is 29.7 Å². The average Bonchev–Trinajstić information content (AvgIpc) is 3.40. The van der Waals surface area contributed by atoms with E-state index in [0.29, 0.717) is 28.3 Å². The Balaban J connectivity index is 1.38. The smallest absolute Gasteiger partial charge is 0.387 e. The van der Waals surface area contributed by atoms with Gasteiger partial charge >= 0.3 is 6.61 Å². The number of oxazole rings is 1. The van der Waals surface area contributed by atoms with Crippen LogP contribution in [0.5, 0.6) is 5.75 Å². The Hall–Kier alpha value is -2.72. The lowest BCUT2D eigenvalue weighted by molar-refractivity contribution is -0.0498. The van der Waals surface area contributed by atoms with E-state index in [-0.39, 0.29) is 5.75 Å². The molecule has 0 bridgehead atoms. The van der Waals surface area contributed by atoms with Crippen molar-refractivity contribution >= 4 is 23.1 Å². The van der Waals surface area contributed by atoms with Crippen molar-refractivity contribution in [1.29, 1.82) is 0 Å². The van der Waals surface area contributed by atoms with Gasteiger partial charge in [-0.2, -0.15) is 8.78 Å². The Labute approximate surface area is 160 Å². The molecule has 0 aliphatic carbocycles. The number of nitrogens with zero attached hydrogens (tertiary/aromatic N) is 3. The first-order valence-electron chi connectivity index (χ1n) is 7.67. The van der Waals surface area contributed by atoms with Gasteiger partial charge in [-0.1, -0.05) is 17.8 Å². The minimum Gasteiger partial charge on any atom is -0.444 e. The van der Waals surface area contributed by atoms with Crippen molar-refractivity contribution in [2.75, 3.05) is 0 Å². The Morgan fingerprint density at radius 3 is 2.70 bits per heavy atom. The van der Waals surface area contributed by atoms with Crippen molar-refractivity contribution in [2.45, 2.75) is 17.6 Å². The van der Waals surface area contributed by atoms with E-state index < -0.39 is 6.61 Å². The Bertz CT molecular complexity index is 1000. The number of thiophene rings is 1. The van der Waals surface area contributed by atoms with E-state index in [2.05, 4.69) is 19.9 Å². The summed E-state index contributed by atoms with van der Waals surface area (Å²) in [7, 11) is 0. The minimum atomic E-state index is -2.86. The van der Waals surface area contributed by atoms with E-state index >= 15 is 0 Å². The lowest BCUT2D eigenvalue weighted by Gasteiger charge is -2.03. The van der Waals surface area contributed by atoms with Crippen molar-refractivity contribution < 1.29 is 22.4 Å². The molecule has 0 aliphatic rings. The topological polar surface area (TPSA) is 74.2 Å². The number of rotatable bonds is 7. The molecule has 0 unspecified atom stereocenters. The number of ether oxygens (including phenoxy) is 1. The van der Waals surface area contributed by atoms with Crippen molar-refractivity contribution in [1.82, 2.24) is 15.2 Å². The Morgan fingerprint density at radius 1 is 1.11 bits per heavy atom. The summed E-state index contributed by atoms with van der Waals surface area (Å²) in [4.78, 5) is 5.39. The molecule has 0 saturated carbocycles. The molecule has 138 valence electrons. The quantitative estimate of drug-likeness (QED) is 0.383. The monoisotopic (exact) mass is 407 g/mol. The molecule has 0 aliphatic heterocycles. The zero-order valence-electron chi connectivity index (χ0n) is 13.5. The van der Waals surface area contributed by atoms with Crippen LogP contribution in [-0.2, 0) is 5.75 Å². The van der Waals surface area contributed by atoms with Gasteiger partial charge in [-0.15, -0.1) is 21.5 Å². The summed E-state index contributed by atoms with van der Waals surface area (Å²) in [5, 5.41) is 10.3. The van der Waals surface area contributed by atoms with Crippen LogP contribution in [0.25, 0.3) is 22.2 Å². The van der Waals surface area contributed by atoms with Gasteiger partial charge in [-0.05, 0) is 35.7 Å². The molecule has 6 nitrogen and oxygen atoms in total. The maximum absolute atomic E-state index is 12.2. The maximum atomic E-state index is 12.2. The summed E-state index contributed by atoms with van der Waals surface area (Å²) < 4.78 is 39.7. The molecule has 0 spiro atoms. The minimum absolute atomic E-state index is 0.0652. The van der Waals surface area contributed by atoms with Crippen LogP contribution in [0.3, 0.4) is 0 Å². The van der Waals surface area contributed by atoms with E-state index in [0.717, 1.165) is 10.6 Å². The summed E-state index contributed by atoms with van der Waals surface area (Å²) in [6.07, 6.45) is 1.60. The highest BCUT2D eigenvalue weighted by molar-refractivity contribution is 7.98. The van der Waals surface area contributed by atoms with Gasteiger partial charge in [0.05, 0.1) is 10.6 Å². The fourth-order valence-corrected chi connectivity index (χ4v) is 3.48. The van der Waals surface area contributed by atoms with Gasteiger partial charge in [0.25, 0.3) is 5.22 Å². The van der Waals surface area contributed by atoms with Gasteiger partial charge in [-0.25, -0.2) is 4.98 Å². The number of thioether (sulfide) groups is 1. The van der Waals surface area contributed by atoms with Crippen LogP contribution in [0.15, 0.2) is 62.1 Å². The van der Waals surface area contributed by atoms with Crippen LogP contribution >= 0.6 is 23.1 Å². The first-order valence-corrected chi connectivity index (χ1v) is 9.54. The fraction of sp³-hybridized carbons (Fsp3) is 0.118. The van der Waals surface area contributed by atoms with Crippen LogP contribution in [0.1, 0.15) is 5.69 Å². The van der Waals surface area contributed by atoms with E-state index in [1.165, 1.54) is 23.9 Å². The molecule has 0 N–H and O–H groups in total. The van der Waals surface area contributed by atoms with E-state index in [4.69, 9.17) is 8.83 Å². The largest absolute Gasteiger partial charge is 0.444 e. The third-order valence-electron chi connectivity index (χ3n) is 3.36. The van der Waals surface area contributed by atoms with Crippen LogP contribution in [0.2, 0.25) is 0 Å². The number of aromatic nitrogens is 3. The summed E-state index contributed by atoms with van der Waals surface area (Å²) in [5.41, 5.74) is 1.37. The molecule has 3 heterocycles. The number of benzene rings is 1. The highest BCUT2D eigenvalue weighted by atomic mass is 32.2. The van der Waals surface area contributed by atoms with Crippen LogP contribution < -0.4 is 4.74 Å². The van der Waals surface area contributed by atoms with Crippen molar-refractivity contribution in [2.24, 2.45) is 0 Å². The standard InChI is InChI=1S/C17H11F2N3O3S2/c18-16(19)24-12-5-3-10(4-6-12)14-21-22-17(25-14)27-9-11-8-23-15(20-11)13-2-1-7-26-13/h1-8,16H,9H2. The number of alkyl halides is 2. The molecule has 0 amide bonds. The Kier molecular flexibility index (Phi) is 5.16. The molecule has 10 heteroatoms. The summed E-state index contributed by atoms with van der Waals surface area (Å²) in [5.74, 6) is 1.45. The molecule has 4 rings (SSSR count).